The maximum Gasteiger partial charge on any atom is 0.303 e. The van der Waals surface area contributed by atoms with Gasteiger partial charge >= 0.3 is 5.92 Å². The molecule has 2 aromatic heterocycles. The van der Waals surface area contributed by atoms with Crippen molar-refractivity contribution in [2.75, 3.05) is 18.6 Å². The molecule has 1 atom stereocenters. The molecule has 0 bridgehead atoms. The van der Waals surface area contributed by atoms with Crippen molar-refractivity contribution in [3.63, 3.8) is 0 Å². The van der Waals surface area contributed by atoms with E-state index in [-0.39, 0.29) is 5.56 Å². The molecular weight excluding hydrogens is 452 g/mol. The second-order valence-corrected chi connectivity index (χ2v) is 12.3. The molecule has 0 aliphatic carbocycles. The van der Waals surface area contributed by atoms with Gasteiger partial charge in [-0.25, -0.2) is 19.3 Å². The summed E-state index contributed by atoms with van der Waals surface area (Å²) >= 11 is 0. The fourth-order valence-electron chi connectivity index (χ4n) is 3.64. The monoisotopic (exact) mass is 480 g/mol. The number of anilines is 1. The van der Waals surface area contributed by atoms with Gasteiger partial charge in [-0.05, 0) is 60.1 Å². The third kappa shape index (κ3) is 4.75. The van der Waals surface area contributed by atoms with Gasteiger partial charge < -0.3 is 15.0 Å². The molecular formula is C23H28F3N4O2P. The summed E-state index contributed by atoms with van der Waals surface area (Å²) < 4.78 is 57.3. The lowest BCUT2D eigenvalue weighted by Gasteiger charge is -2.30. The lowest BCUT2D eigenvalue weighted by Crippen LogP contribution is -2.41. The smallest absolute Gasteiger partial charge is 0.303 e. The molecule has 178 valence electrons. The first-order valence-corrected chi connectivity index (χ1v) is 13.0. The van der Waals surface area contributed by atoms with Crippen molar-refractivity contribution in [3.05, 3.63) is 52.7 Å². The minimum Gasteiger partial charge on any atom is -0.384 e. The summed E-state index contributed by atoms with van der Waals surface area (Å²) in [5.41, 5.74) is -2.37. The number of alkyl halides is 2. The van der Waals surface area contributed by atoms with Crippen LogP contribution < -0.4 is 10.6 Å². The maximum absolute atomic E-state index is 15.2. The molecule has 0 aliphatic heterocycles. The highest BCUT2D eigenvalue weighted by Gasteiger charge is 2.49. The van der Waals surface area contributed by atoms with Crippen molar-refractivity contribution in [2.45, 2.75) is 52.2 Å². The molecule has 0 fully saturated rings. The predicted octanol–water partition coefficient (Wildman–Crippen LogP) is 5.06. The zero-order valence-electron chi connectivity index (χ0n) is 19.7. The van der Waals surface area contributed by atoms with Crippen LogP contribution >= 0.6 is 7.14 Å². The topological polar surface area (TPSA) is 88.0 Å². The zero-order chi connectivity index (χ0) is 24.9. The molecule has 0 unspecified atom stereocenters. The fraction of sp³-hybridized carbons (Fsp3) is 0.435. The highest BCUT2D eigenvalue weighted by atomic mass is 31.2. The van der Waals surface area contributed by atoms with E-state index in [1.807, 2.05) is 0 Å². The Morgan fingerprint density at radius 3 is 2.33 bits per heavy atom. The normalized spacial score (nSPS) is 13.9. The number of benzene rings is 1. The molecule has 0 amide bonds. The van der Waals surface area contributed by atoms with Crippen molar-refractivity contribution in [1.82, 2.24) is 15.0 Å². The highest BCUT2D eigenvalue weighted by molar-refractivity contribution is 7.70. The molecule has 2 heterocycles. The van der Waals surface area contributed by atoms with Crippen LogP contribution in [0.2, 0.25) is 0 Å². The number of aromatic nitrogens is 3. The second-order valence-electron chi connectivity index (χ2n) is 9.14. The summed E-state index contributed by atoms with van der Waals surface area (Å²) in [5, 5.41) is 14.0. The molecule has 0 saturated carbocycles. The van der Waals surface area contributed by atoms with Crippen LogP contribution in [0.15, 0.2) is 24.3 Å². The van der Waals surface area contributed by atoms with Gasteiger partial charge in [-0.1, -0.05) is 12.1 Å². The number of aryl methyl sites for hydroxylation is 2. The van der Waals surface area contributed by atoms with Crippen molar-refractivity contribution in [2.24, 2.45) is 0 Å². The molecule has 1 aromatic carbocycles. The molecule has 33 heavy (non-hydrogen) atoms. The van der Waals surface area contributed by atoms with Gasteiger partial charge in [0.2, 0.25) is 0 Å². The minimum atomic E-state index is -3.80. The molecule has 2 N–H and O–H groups in total. The Bertz CT molecular complexity index is 1270. The van der Waals surface area contributed by atoms with E-state index in [0.29, 0.717) is 33.7 Å². The minimum absolute atomic E-state index is 0.0159. The molecule has 0 radical (unpaired) electrons. The number of hydrogen-bond donors (Lipinski definition) is 2. The Balaban J connectivity index is 2.10. The van der Waals surface area contributed by atoms with E-state index in [0.717, 1.165) is 19.9 Å². The molecule has 3 aromatic rings. The summed E-state index contributed by atoms with van der Waals surface area (Å²) in [6, 6.07) is 4.63. The number of pyridine rings is 1. The molecule has 6 nitrogen and oxygen atoms in total. The molecule has 0 spiro atoms. The van der Waals surface area contributed by atoms with Gasteiger partial charge in [-0.2, -0.15) is 8.78 Å². The SMILES string of the molecule is Cc1nc(N[C@H](C)c2cccc(C(F)(F)C(C)(C)O)c2F)c2cc(P(C)(C)=O)c(C)nc2n1. The van der Waals surface area contributed by atoms with E-state index in [2.05, 4.69) is 20.3 Å². The number of hydrogen-bond acceptors (Lipinski definition) is 6. The third-order valence-corrected chi connectivity index (χ3v) is 7.11. The number of halogens is 3. The van der Waals surface area contributed by atoms with Crippen LogP contribution in [0.1, 0.15) is 49.5 Å². The van der Waals surface area contributed by atoms with Crippen molar-refractivity contribution < 1.29 is 22.8 Å². The van der Waals surface area contributed by atoms with Crippen molar-refractivity contribution >= 4 is 29.3 Å². The van der Waals surface area contributed by atoms with Gasteiger partial charge in [-0.15, -0.1) is 0 Å². The van der Waals surface area contributed by atoms with E-state index < -0.39 is 36.1 Å². The van der Waals surface area contributed by atoms with Gasteiger partial charge in [0.05, 0.1) is 22.7 Å². The lowest BCUT2D eigenvalue weighted by molar-refractivity contribution is -0.170. The summed E-state index contributed by atoms with van der Waals surface area (Å²) in [7, 11) is -2.65. The van der Waals surface area contributed by atoms with Crippen LogP contribution in [0.25, 0.3) is 11.0 Å². The number of aliphatic hydroxyl groups is 1. The number of nitrogens with one attached hydrogen (secondary N) is 1. The third-order valence-electron chi connectivity index (χ3n) is 5.50. The van der Waals surface area contributed by atoms with Crippen molar-refractivity contribution in [3.8, 4) is 0 Å². The van der Waals surface area contributed by atoms with E-state index in [9.17, 15) is 18.5 Å². The van der Waals surface area contributed by atoms with Crippen LogP contribution in [0.5, 0.6) is 0 Å². The van der Waals surface area contributed by atoms with Gasteiger partial charge in [0.25, 0.3) is 0 Å². The van der Waals surface area contributed by atoms with Gasteiger partial charge in [0.15, 0.2) is 5.65 Å². The Morgan fingerprint density at radius 2 is 1.76 bits per heavy atom. The Labute approximate surface area is 191 Å². The Hall–Kier alpha value is -2.51. The average molecular weight is 480 g/mol. The molecule has 0 aliphatic rings. The average Bonchev–Trinajstić information content (AvgIpc) is 2.65. The van der Waals surface area contributed by atoms with Crippen LogP contribution in [-0.2, 0) is 10.5 Å². The first-order valence-electron chi connectivity index (χ1n) is 10.4. The van der Waals surface area contributed by atoms with E-state index in [1.54, 1.807) is 40.2 Å². The highest BCUT2D eigenvalue weighted by Crippen LogP contribution is 2.41. The first kappa shape index (κ1) is 25.1. The van der Waals surface area contributed by atoms with Gasteiger partial charge in [-0.3, -0.25) is 0 Å². The van der Waals surface area contributed by atoms with Gasteiger partial charge in [0.1, 0.15) is 30.2 Å². The number of nitrogens with zero attached hydrogens (tertiary/aromatic N) is 3. The second kappa shape index (κ2) is 8.37. The van der Waals surface area contributed by atoms with E-state index >= 15 is 4.39 Å². The first-order chi connectivity index (χ1) is 15.0. The predicted molar refractivity (Wildman–Crippen MR) is 125 cm³/mol. The summed E-state index contributed by atoms with van der Waals surface area (Å²) in [6.45, 7) is 10.2. The number of fused-ring (bicyclic) bond motifs is 1. The lowest BCUT2D eigenvalue weighted by atomic mass is 9.91. The van der Waals surface area contributed by atoms with Crippen LogP contribution in [0.4, 0.5) is 19.0 Å². The fourth-order valence-corrected chi connectivity index (χ4v) is 4.91. The zero-order valence-corrected chi connectivity index (χ0v) is 20.6. The van der Waals surface area contributed by atoms with Crippen molar-refractivity contribution in [1.29, 1.82) is 0 Å². The molecule has 0 saturated heterocycles. The van der Waals surface area contributed by atoms with E-state index in [1.165, 1.54) is 12.1 Å². The van der Waals surface area contributed by atoms with Crippen LogP contribution in [0, 0.1) is 19.7 Å². The quantitative estimate of drug-likeness (QED) is 0.480. The van der Waals surface area contributed by atoms with Gasteiger partial charge in [0, 0.05) is 10.9 Å². The Kier molecular flexibility index (Phi) is 6.37. The molecule has 3 rings (SSSR count). The Morgan fingerprint density at radius 1 is 1.12 bits per heavy atom. The standard InChI is InChI=1S/C23H28F3N4O2P/c1-12(15-9-8-10-17(19(15)24)23(25,26)22(4,5)31)27-20-16-11-18(33(6,7)32)13(2)28-21(16)30-14(3)29-20/h8-12,31H,1-7H3,(H,27,28,29,30)/t12-/m1/s1. The van der Waals surface area contributed by atoms with E-state index in [4.69, 9.17) is 0 Å². The summed E-state index contributed by atoms with van der Waals surface area (Å²) in [4.78, 5) is 13.2. The largest absolute Gasteiger partial charge is 0.384 e. The number of rotatable bonds is 6. The van der Waals surface area contributed by atoms with Crippen LogP contribution in [-0.4, -0.2) is 39.0 Å². The molecule has 10 heteroatoms. The maximum atomic E-state index is 15.2. The van der Waals surface area contributed by atoms with Crippen LogP contribution in [0.3, 0.4) is 0 Å². The summed E-state index contributed by atoms with van der Waals surface area (Å²) in [6.07, 6.45) is 0. The summed E-state index contributed by atoms with van der Waals surface area (Å²) in [5.74, 6) is -4.17.